The summed E-state index contributed by atoms with van der Waals surface area (Å²) in [5.41, 5.74) is 15.6. The van der Waals surface area contributed by atoms with Gasteiger partial charge >= 0.3 is 24.2 Å². The molecule has 0 fully saturated rings. The van der Waals surface area contributed by atoms with Crippen molar-refractivity contribution in [1.29, 1.82) is 0 Å². The SMILES string of the molecule is C=CCCC(N)C(=O)O.N.NCCCCC(N)C(=O)O.O=C=O.O=C=O. The molecule has 0 radical (unpaired) electrons. The number of nitrogens with two attached hydrogens (primary N) is 3. The number of hydrogen-bond acceptors (Lipinski definition) is 10. The van der Waals surface area contributed by atoms with E-state index in [9.17, 15) is 9.59 Å². The van der Waals surface area contributed by atoms with Crippen LogP contribution in [0.1, 0.15) is 32.1 Å². The van der Waals surface area contributed by atoms with Gasteiger partial charge < -0.3 is 33.6 Å². The largest absolute Gasteiger partial charge is 0.480 e. The fourth-order valence-corrected chi connectivity index (χ4v) is 1.05. The summed E-state index contributed by atoms with van der Waals surface area (Å²) in [7, 11) is 0. The molecule has 0 saturated carbocycles. The summed E-state index contributed by atoms with van der Waals surface area (Å²) < 4.78 is 0. The molecule has 11 N–H and O–H groups in total. The van der Waals surface area contributed by atoms with Gasteiger partial charge in [0.2, 0.25) is 0 Å². The number of hydrogen-bond donors (Lipinski definition) is 6. The van der Waals surface area contributed by atoms with Gasteiger partial charge in [-0.1, -0.05) is 12.5 Å². The molecular weight excluding hydrogens is 352 g/mol. The smallest absolute Gasteiger partial charge is 0.373 e. The summed E-state index contributed by atoms with van der Waals surface area (Å²) in [6.07, 6.45) is 5.45. The Morgan fingerprint density at radius 1 is 0.923 bits per heavy atom. The van der Waals surface area contributed by atoms with Crippen molar-refractivity contribution in [3.05, 3.63) is 12.7 Å². The van der Waals surface area contributed by atoms with Crippen LogP contribution in [0, 0.1) is 0 Å². The molecule has 0 heterocycles. The minimum atomic E-state index is -0.947. The highest BCUT2D eigenvalue weighted by molar-refractivity contribution is 5.73. The standard InChI is InChI=1S/C6H14N2O2.C6H11NO2.2CO2.H3N/c7-4-2-1-3-5(8)6(9)10;1-2-3-4-5(7)6(8)9;2*2-1-3;/h5H,1-4,7-8H2,(H,9,10);2,5H,1,3-4,7H2,(H,8,9);;;1H3. The second-order valence-electron chi connectivity index (χ2n) is 4.21. The van der Waals surface area contributed by atoms with Crippen LogP contribution < -0.4 is 23.4 Å². The number of rotatable bonds is 9. The molecule has 0 spiro atoms. The number of allylic oxidation sites excluding steroid dienone is 1. The monoisotopic (exact) mass is 380 g/mol. The van der Waals surface area contributed by atoms with Crippen molar-refractivity contribution in [2.24, 2.45) is 17.2 Å². The zero-order valence-electron chi connectivity index (χ0n) is 14.5. The molecular formula is C14H28N4O8. The Labute approximate surface area is 151 Å². The topological polar surface area (TPSA) is 256 Å². The quantitative estimate of drug-likeness (QED) is 0.205. The number of carboxylic acid groups (broad SMARTS) is 2. The summed E-state index contributed by atoms with van der Waals surface area (Å²) in [4.78, 5) is 52.7. The van der Waals surface area contributed by atoms with Gasteiger partial charge in [0.1, 0.15) is 12.1 Å². The Bertz CT molecular complexity index is 407. The Kier molecular flexibility index (Phi) is 40.2. The highest BCUT2D eigenvalue weighted by Crippen LogP contribution is 1.97. The van der Waals surface area contributed by atoms with Crippen LogP contribution in [0.2, 0.25) is 0 Å². The second-order valence-corrected chi connectivity index (χ2v) is 4.21. The highest BCUT2D eigenvalue weighted by Gasteiger charge is 2.09. The predicted molar refractivity (Wildman–Crippen MR) is 88.6 cm³/mol. The van der Waals surface area contributed by atoms with Crippen LogP contribution >= 0.6 is 0 Å². The summed E-state index contributed by atoms with van der Waals surface area (Å²) >= 11 is 0. The van der Waals surface area contributed by atoms with Crippen molar-refractivity contribution in [2.45, 2.75) is 44.2 Å². The lowest BCUT2D eigenvalue weighted by Gasteiger charge is -2.03. The van der Waals surface area contributed by atoms with Crippen LogP contribution in [0.3, 0.4) is 0 Å². The lowest BCUT2D eigenvalue weighted by Crippen LogP contribution is -2.29. The van der Waals surface area contributed by atoms with Gasteiger partial charge in [-0.05, 0) is 32.2 Å². The van der Waals surface area contributed by atoms with Crippen LogP contribution in [-0.4, -0.2) is 53.1 Å². The van der Waals surface area contributed by atoms with E-state index in [1.165, 1.54) is 0 Å². The van der Waals surface area contributed by atoms with Crippen molar-refractivity contribution in [2.75, 3.05) is 6.54 Å². The summed E-state index contributed by atoms with van der Waals surface area (Å²) in [5, 5.41) is 16.6. The normalized spacial score (nSPS) is 9.96. The van der Waals surface area contributed by atoms with Crippen LogP contribution in [0.5, 0.6) is 0 Å². The van der Waals surface area contributed by atoms with E-state index in [-0.39, 0.29) is 18.5 Å². The third kappa shape index (κ3) is 42.9. The maximum absolute atomic E-state index is 10.1. The van der Waals surface area contributed by atoms with E-state index in [0.29, 0.717) is 25.8 Å². The molecule has 12 heteroatoms. The zero-order valence-corrected chi connectivity index (χ0v) is 14.5. The van der Waals surface area contributed by atoms with Crippen molar-refractivity contribution >= 4 is 24.2 Å². The van der Waals surface area contributed by atoms with Crippen LogP contribution in [0.4, 0.5) is 0 Å². The Hall–Kier alpha value is -2.72. The van der Waals surface area contributed by atoms with Crippen molar-refractivity contribution < 1.29 is 39.0 Å². The first-order valence-corrected chi connectivity index (χ1v) is 6.96. The molecule has 0 amide bonds. The molecule has 152 valence electrons. The molecule has 26 heavy (non-hydrogen) atoms. The molecule has 0 aliphatic heterocycles. The molecule has 0 aromatic carbocycles. The summed E-state index contributed by atoms with van der Waals surface area (Å²) in [5.74, 6) is -1.88. The van der Waals surface area contributed by atoms with Crippen LogP contribution in [-0.2, 0) is 28.8 Å². The predicted octanol–water partition coefficient (Wildman–Crippen LogP) is -1.11. The van der Waals surface area contributed by atoms with Crippen molar-refractivity contribution in [1.82, 2.24) is 6.15 Å². The van der Waals surface area contributed by atoms with Crippen LogP contribution in [0.25, 0.3) is 0 Å². The minimum absolute atomic E-state index is 0. The number of carbonyl (C=O) groups excluding carboxylic acids is 4. The molecule has 0 bridgehead atoms. The third-order valence-corrected chi connectivity index (χ3v) is 2.29. The van der Waals surface area contributed by atoms with E-state index >= 15 is 0 Å². The molecule has 0 aliphatic rings. The Morgan fingerprint density at radius 2 is 1.27 bits per heavy atom. The fraction of sp³-hybridized carbons (Fsp3) is 0.571. The first-order chi connectivity index (χ1) is 11.7. The molecule has 2 atom stereocenters. The first kappa shape index (κ1) is 34.6. The second kappa shape index (κ2) is 30.2. The number of carboxylic acids is 2. The highest BCUT2D eigenvalue weighted by atomic mass is 16.4. The average Bonchev–Trinajstić information content (AvgIpc) is 2.54. The average molecular weight is 380 g/mol. The van der Waals surface area contributed by atoms with E-state index in [2.05, 4.69) is 6.58 Å². The van der Waals surface area contributed by atoms with Crippen molar-refractivity contribution in [3.8, 4) is 0 Å². The minimum Gasteiger partial charge on any atom is -0.480 e. The molecule has 0 saturated heterocycles. The van der Waals surface area contributed by atoms with Gasteiger partial charge in [0.25, 0.3) is 0 Å². The summed E-state index contributed by atoms with van der Waals surface area (Å²) in [6.45, 7) is 4.05. The lowest BCUT2D eigenvalue weighted by molar-refractivity contribution is -0.193. The van der Waals surface area contributed by atoms with Gasteiger partial charge in [-0.3, -0.25) is 9.59 Å². The van der Waals surface area contributed by atoms with Gasteiger partial charge in [-0.15, -0.1) is 6.58 Å². The molecule has 2 unspecified atom stereocenters. The van der Waals surface area contributed by atoms with Gasteiger partial charge in [0.15, 0.2) is 0 Å². The molecule has 12 nitrogen and oxygen atoms in total. The lowest BCUT2D eigenvalue weighted by atomic mass is 10.1. The van der Waals surface area contributed by atoms with Gasteiger partial charge in [-0.25, -0.2) is 0 Å². The van der Waals surface area contributed by atoms with Gasteiger partial charge in [0.05, 0.1) is 0 Å². The Balaban J connectivity index is -0.0000000845. The van der Waals surface area contributed by atoms with E-state index in [1.54, 1.807) is 6.08 Å². The maximum Gasteiger partial charge on any atom is 0.373 e. The maximum atomic E-state index is 10.1. The van der Waals surface area contributed by atoms with E-state index in [0.717, 1.165) is 12.8 Å². The zero-order chi connectivity index (χ0) is 20.7. The first-order valence-electron chi connectivity index (χ1n) is 6.96. The summed E-state index contributed by atoms with van der Waals surface area (Å²) in [6, 6.07) is -1.45. The van der Waals surface area contributed by atoms with Gasteiger partial charge in [-0.2, -0.15) is 19.2 Å². The molecule has 0 aromatic rings. The van der Waals surface area contributed by atoms with E-state index in [1.807, 2.05) is 0 Å². The van der Waals surface area contributed by atoms with Gasteiger partial charge in [0, 0.05) is 0 Å². The molecule has 0 aliphatic carbocycles. The Morgan fingerprint density at radius 3 is 1.54 bits per heavy atom. The third-order valence-electron chi connectivity index (χ3n) is 2.29. The van der Waals surface area contributed by atoms with E-state index in [4.69, 9.17) is 46.6 Å². The number of carbonyl (C=O) groups is 2. The number of unbranched alkanes of at least 4 members (excludes halogenated alkanes) is 1. The van der Waals surface area contributed by atoms with E-state index < -0.39 is 24.0 Å². The molecule has 0 rings (SSSR count). The van der Waals surface area contributed by atoms with Crippen molar-refractivity contribution in [3.63, 3.8) is 0 Å². The fourth-order valence-electron chi connectivity index (χ4n) is 1.05. The molecule has 0 aromatic heterocycles. The number of aliphatic carboxylic acids is 2. The van der Waals surface area contributed by atoms with Crippen LogP contribution in [0.15, 0.2) is 12.7 Å².